The van der Waals surface area contributed by atoms with Crippen LogP contribution in [0.5, 0.6) is 5.75 Å². The van der Waals surface area contributed by atoms with Crippen molar-refractivity contribution in [3.05, 3.63) is 58.7 Å². The van der Waals surface area contributed by atoms with Gasteiger partial charge in [-0.25, -0.2) is 27.7 Å². The van der Waals surface area contributed by atoms with Crippen LogP contribution in [0.2, 0.25) is 0 Å². The average Bonchev–Trinajstić information content (AvgIpc) is 2.83. The lowest BCUT2D eigenvalue weighted by Crippen LogP contribution is -2.55. The minimum atomic E-state index is -2.99. The van der Waals surface area contributed by atoms with Gasteiger partial charge in [0.25, 0.3) is 6.43 Å². The molecule has 1 aromatic heterocycles. The maximum atomic E-state index is 14.5. The Balaban J connectivity index is 1.83. The number of pyridine rings is 1. The van der Waals surface area contributed by atoms with Crippen molar-refractivity contribution < 1.29 is 37.0 Å². The molecule has 1 amide bonds. The van der Waals surface area contributed by atoms with Crippen molar-refractivity contribution in [3.63, 3.8) is 0 Å². The third-order valence-corrected chi connectivity index (χ3v) is 6.12. The summed E-state index contributed by atoms with van der Waals surface area (Å²) in [6.45, 7) is 10.7. The molecule has 0 N–H and O–H groups in total. The Labute approximate surface area is 220 Å². The Morgan fingerprint density at radius 3 is 2.47 bits per heavy atom. The van der Waals surface area contributed by atoms with Crippen molar-refractivity contribution in [1.29, 1.82) is 0 Å². The number of methoxy groups -OCH3 is 1. The molecule has 38 heavy (non-hydrogen) atoms. The number of nitrogens with zero attached hydrogens (tertiary/aromatic N) is 3. The number of alkyl halides is 2. The molecular weight excluding hydrogens is 503 g/mol. The molecule has 0 radical (unpaired) electrons. The van der Waals surface area contributed by atoms with Crippen LogP contribution >= 0.6 is 0 Å². The van der Waals surface area contributed by atoms with Gasteiger partial charge in [0.15, 0.2) is 5.69 Å². The van der Waals surface area contributed by atoms with E-state index in [9.17, 15) is 22.8 Å². The van der Waals surface area contributed by atoms with Crippen LogP contribution in [0.3, 0.4) is 0 Å². The molecular formula is C27H34F3N3O5. The molecule has 1 aliphatic heterocycles. The summed E-state index contributed by atoms with van der Waals surface area (Å²) in [6, 6.07) is 5.57. The first-order chi connectivity index (χ1) is 17.8. The van der Waals surface area contributed by atoms with Crippen molar-refractivity contribution in [2.45, 2.75) is 58.8 Å². The van der Waals surface area contributed by atoms with Gasteiger partial charge in [0.2, 0.25) is 0 Å². The Bertz CT molecular complexity index is 1160. The normalized spacial score (nSPS) is 17.3. The maximum absolute atomic E-state index is 14.5. The molecule has 1 saturated heterocycles. The summed E-state index contributed by atoms with van der Waals surface area (Å²) in [7, 11) is 1.08. The summed E-state index contributed by atoms with van der Waals surface area (Å²) in [4.78, 5) is 32.0. The maximum Gasteiger partial charge on any atom is 0.410 e. The van der Waals surface area contributed by atoms with E-state index < -0.39 is 47.3 Å². The van der Waals surface area contributed by atoms with Crippen LogP contribution in [-0.2, 0) is 9.47 Å². The summed E-state index contributed by atoms with van der Waals surface area (Å²) < 4.78 is 57.9. The van der Waals surface area contributed by atoms with E-state index in [4.69, 9.17) is 9.47 Å². The summed E-state index contributed by atoms with van der Waals surface area (Å²) >= 11 is 0. The molecule has 8 nitrogen and oxygen atoms in total. The molecule has 1 aromatic carbocycles. The van der Waals surface area contributed by atoms with E-state index in [-0.39, 0.29) is 18.3 Å². The van der Waals surface area contributed by atoms with Crippen molar-refractivity contribution >= 4 is 12.1 Å². The standard InChI is InChI=1S/C27H34F3N3O5/c1-16-7-8-18(11-21(16)28)22(37-19-12-20(24(29)30)23(31-13-19)25(34)36-6)15-32-9-10-33(17(2)14-32)26(35)38-27(3,4)5/h7-8,11-13,17,22,24H,9-10,14-15H2,1-6H3/t17-,22-/m1/s1. The van der Waals surface area contributed by atoms with Crippen LogP contribution in [-0.4, -0.2) is 71.8 Å². The molecule has 11 heteroatoms. The lowest BCUT2D eigenvalue weighted by Gasteiger charge is -2.41. The highest BCUT2D eigenvalue weighted by atomic mass is 19.3. The molecule has 0 aliphatic carbocycles. The molecule has 0 spiro atoms. The summed E-state index contributed by atoms with van der Waals surface area (Å²) in [6.07, 6.45) is -2.97. The van der Waals surface area contributed by atoms with Crippen LogP contribution < -0.4 is 4.74 Å². The second-order valence-corrected chi connectivity index (χ2v) is 10.3. The molecule has 2 atom stereocenters. The number of rotatable bonds is 7. The van der Waals surface area contributed by atoms with Gasteiger partial charge < -0.3 is 19.1 Å². The zero-order chi connectivity index (χ0) is 28.2. The van der Waals surface area contributed by atoms with E-state index in [0.717, 1.165) is 13.2 Å². The zero-order valence-corrected chi connectivity index (χ0v) is 22.5. The van der Waals surface area contributed by atoms with Crippen LogP contribution in [0.4, 0.5) is 18.0 Å². The number of aromatic nitrogens is 1. The van der Waals surface area contributed by atoms with Crippen LogP contribution in [0.1, 0.15) is 67.4 Å². The molecule has 208 valence electrons. The molecule has 3 rings (SSSR count). The topological polar surface area (TPSA) is 81.2 Å². The molecule has 0 bridgehead atoms. The number of halogens is 3. The fourth-order valence-electron chi connectivity index (χ4n) is 4.17. The number of ether oxygens (including phenoxy) is 3. The number of benzene rings is 1. The van der Waals surface area contributed by atoms with Gasteiger partial charge in [-0.3, -0.25) is 4.90 Å². The van der Waals surface area contributed by atoms with E-state index in [2.05, 4.69) is 14.6 Å². The third kappa shape index (κ3) is 7.37. The molecule has 2 aromatic rings. The summed E-state index contributed by atoms with van der Waals surface area (Å²) in [5.41, 5.74) is -0.776. The Kier molecular flexibility index (Phi) is 9.24. The van der Waals surface area contributed by atoms with Crippen LogP contribution in [0.15, 0.2) is 30.5 Å². The van der Waals surface area contributed by atoms with Gasteiger partial charge in [0, 0.05) is 32.2 Å². The van der Waals surface area contributed by atoms with Gasteiger partial charge >= 0.3 is 12.1 Å². The van der Waals surface area contributed by atoms with Crippen molar-refractivity contribution in [2.75, 3.05) is 33.3 Å². The zero-order valence-electron chi connectivity index (χ0n) is 22.5. The first-order valence-electron chi connectivity index (χ1n) is 12.3. The second kappa shape index (κ2) is 12.0. The van der Waals surface area contributed by atoms with E-state index >= 15 is 0 Å². The number of hydrogen-bond donors (Lipinski definition) is 0. The summed E-state index contributed by atoms with van der Waals surface area (Å²) in [5, 5.41) is 0. The van der Waals surface area contributed by atoms with E-state index in [0.29, 0.717) is 30.8 Å². The fraction of sp³-hybridized carbons (Fsp3) is 0.519. The highest BCUT2D eigenvalue weighted by Gasteiger charge is 2.32. The van der Waals surface area contributed by atoms with Crippen LogP contribution in [0.25, 0.3) is 0 Å². The molecule has 2 heterocycles. The SMILES string of the molecule is COC(=O)c1ncc(O[C@H](CN2CCN(C(=O)OC(C)(C)C)[C@H](C)C2)c2ccc(C)c(F)c2)cc1C(F)F. The molecule has 0 unspecified atom stereocenters. The van der Waals surface area contributed by atoms with Gasteiger partial charge in [-0.15, -0.1) is 0 Å². The summed E-state index contributed by atoms with van der Waals surface area (Å²) in [5.74, 6) is -1.41. The predicted molar refractivity (Wildman–Crippen MR) is 134 cm³/mol. The molecule has 1 fully saturated rings. The minimum Gasteiger partial charge on any atom is -0.483 e. The van der Waals surface area contributed by atoms with Crippen molar-refractivity contribution in [3.8, 4) is 5.75 Å². The number of carbonyl (C=O) groups excluding carboxylic acids is 2. The largest absolute Gasteiger partial charge is 0.483 e. The van der Waals surface area contributed by atoms with Gasteiger partial charge in [0.05, 0.1) is 18.9 Å². The molecule has 1 aliphatic rings. The predicted octanol–water partition coefficient (Wildman–Crippen LogP) is 5.31. The van der Waals surface area contributed by atoms with E-state index in [1.807, 2.05) is 6.92 Å². The first kappa shape index (κ1) is 29.2. The monoisotopic (exact) mass is 537 g/mol. The number of amides is 1. The fourth-order valence-corrected chi connectivity index (χ4v) is 4.17. The second-order valence-electron chi connectivity index (χ2n) is 10.3. The number of piperazine rings is 1. The smallest absolute Gasteiger partial charge is 0.410 e. The number of carbonyl (C=O) groups is 2. The van der Waals surface area contributed by atoms with E-state index in [1.54, 1.807) is 44.7 Å². The van der Waals surface area contributed by atoms with Gasteiger partial charge in [-0.05, 0) is 57.9 Å². The van der Waals surface area contributed by atoms with Crippen molar-refractivity contribution in [1.82, 2.24) is 14.8 Å². The lowest BCUT2D eigenvalue weighted by atomic mass is 10.0. The van der Waals surface area contributed by atoms with Gasteiger partial charge in [0.1, 0.15) is 23.3 Å². The average molecular weight is 538 g/mol. The quantitative estimate of drug-likeness (QED) is 0.443. The third-order valence-electron chi connectivity index (χ3n) is 6.12. The minimum absolute atomic E-state index is 0.000578. The Morgan fingerprint density at radius 2 is 1.89 bits per heavy atom. The van der Waals surface area contributed by atoms with Gasteiger partial charge in [-0.2, -0.15) is 0 Å². The van der Waals surface area contributed by atoms with Crippen molar-refractivity contribution in [2.24, 2.45) is 0 Å². The Hall–Kier alpha value is -3.34. The number of esters is 1. The lowest BCUT2D eigenvalue weighted by molar-refractivity contribution is -0.00303. The van der Waals surface area contributed by atoms with Crippen LogP contribution in [0, 0.1) is 12.7 Å². The van der Waals surface area contributed by atoms with E-state index in [1.165, 1.54) is 12.3 Å². The first-order valence-corrected chi connectivity index (χ1v) is 12.3. The number of hydrogen-bond acceptors (Lipinski definition) is 7. The highest BCUT2D eigenvalue weighted by Crippen LogP contribution is 2.30. The number of aryl methyl sites for hydroxylation is 1. The Morgan fingerprint density at radius 1 is 1.18 bits per heavy atom. The molecule has 0 saturated carbocycles. The highest BCUT2D eigenvalue weighted by molar-refractivity contribution is 5.89. The van der Waals surface area contributed by atoms with Gasteiger partial charge in [-0.1, -0.05) is 12.1 Å².